The summed E-state index contributed by atoms with van der Waals surface area (Å²) in [6, 6.07) is 7.17. The number of nitrogens with one attached hydrogen (secondary N) is 1. The first-order valence-corrected chi connectivity index (χ1v) is 7.49. The number of nitrogens with zero attached hydrogens (tertiary/aromatic N) is 1. The Kier molecular flexibility index (Phi) is 5.34. The van der Waals surface area contributed by atoms with E-state index in [9.17, 15) is 13.2 Å². The van der Waals surface area contributed by atoms with Crippen LogP contribution < -0.4 is 10.1 Å². The molecular formula is C16H25F3N2O. The predicted molar refractivity (Wildman–Crippen MR) is 82.2 cm³/mol. The van der Waals surface area contributed by atoms with Crippen LogP contribution in [0.5, 0.6) is 5.75 Å². The van der Waals surface area contributed by atoms with Crippen molar-refractivity contribution < 1.29 is 19.3 Å². The predicted octanol–water partition coefficient (Wildman–Crippen LogP) is 3.62. The van der Waals surface area contributed by atoms with Gasteiger partial charge in [0.25, 0.3) is 0 Å². The van der Waals surface area contributed by atoms with E-state index in [2.05, 4.69) is 15.0 Å². The number of ether oxygens (including phenoxy) is 1. The van der Waals surface area contributed by atoms with Crippen LogP contribution in [-0.4, -0.2) is 44.5 Å². The minimum atomic E-state index is -4.64. The maximum absolute atomic E-state index is 12.3. The number of halogens is 3. The zero-order valence-corrected chi connectivity index (χ0v) is 13.2. The van der Waals surface area contributed by atoms with Crippen LogP contribution in [0.4, 0.5) is 13.2 Å². The van der Waals surface area contributed by atoms with E-state index in [4.69, 9.17) is 0 Å². The van der Waals surface area contributed by atoms with Gasteiger partial charge in [0, 0.05) is 13.5 Å². The fourth-order valence-corrected chi connectivity index (χ4v) is 3.32. The number of hydrogen-bond donors (Lipinski definition) is 1. The maximum atomic E-state index is 12.3. The molecule has 0 unspecified atom stereocenters. The van der Waals surface area contributed by atoms with Crippen molar-refractivity contribution in [3.8, 4) is 5.75 Å². The van der Waals surface area contributed by atoms with Crippen molar-refractivity contribution >= 4 is 0 Å². The van der Waals surface area contributed by atoms with Gasteiger partial charge in [0.2, 0.25) is 0 Å². The molecule has 3 atom stereocenters. The summed E-state index contributed by atoms with van der Waals surface area (Å²) in [6.07, 6.45) is -1.75. The van der Waals surface area contributed by atoms with Crippen molar-refractivity contribution in [2.24, 2.45) is 0 Å². The Morgan fingerprint density at radius 2 is 2.00 bits per heavy atom. The molecule has 1 saturated carbocycles. The lowest BCUT2D eigenvalue weighted by molar-refractivity contribution is -0.274. The highest BCUT2D eigenvalue weighted by Gasteiger charge is 2.33. The topological polar surface area (TPSA) is 24.5 Å². The van der Waals surface area contributed by atoms with Gasteiger partial charge in [-0.2, -0.15) is 0 Å². The molecule has 126 valence electrons. The minimum Gasteiger partial charge on any atom is -0.406 e. The molecule has 0 radical (unpaired) electrons. The summed E-state index contributed by atoms with van der Waals surface area (Å²) in [7, 11) is 6.04. The van der Waals surface area contributed by atoms with Crippen molar-refractivity contribution in [3.05, 3.63) is 29.8 Å². The van der Waals surface area contributed by atoms with Crippen LogP contribution >= 0.6 is 0 Å². The van der Waals surface area contributed by atoms with E-state index in [0.29, 0.717) is 12.1 Å². The smallest absolute Gasteiger partial charge is 0.406 e. The third-order valence-electron chi connectivity index (χ3n) is 4.41. The maximum Gasteiger partial charge on any atom is 0.573 e. The first kappa shape index (κ1) is 17.1. The highest BCUT2D eigenvalue weighted by atomic mass is 19.4. The summed E-state index contributed by atoms with van der Waals surface area (Å²) in [5, 5.41) is 3.33. The molecule has 1 N–H and O–H groups in total. The van der Waals surface area contributed by atoms with Crippen LogP contribution in [0.2, 0.25) is 0 Å². The highest BCUT2D eigenvalue weighted by Crippen LogP contribution is 2.36. The molecule has 1 aliphatic rings. The largest absolute Gasteiger partial charge is 0.573 e. The average molecular weight is 318 g/mol. The summed E-state index contributed by atoms with van der Waals surface area (Å²) in [6.45, 7) is 0. The first-order valence-electron chi connectivity index (χ1n) is 7.49. The van der Waals surface area contributed by atoms with Crippen LogP contribution in [0.25, 0.3) is 0 Å². The van der Waals surface area contributed by atoms with Gasteiger partial charge in [0.05, 0.1) is 0 Å². The van der Waals surface area contributed by atoms with Crippen LogP contribution in [0, 0.1) is 0 Å². The normalized spacial score (nSPS) is 26.2. The summed E-state index contributed by atoms with van der Waals surface area (Å²) in [5.41, 5.74) is 0.920. The SMILES string of the molecule is CN[C@H]1CC[C@H](c2cccc(OC(F)(F)F)c2)C[C@@H]1N(C)C.[HH]. The Morgan fingerprint density at radius 1 is 1.27 bits per heavy atom. The minimum absolute atomic E-state index is 0. The van der Waals surface area contributed by atoms with Crippen LogP contribution in [0.15, 0.2) is 24.3 Å². The Bertz CT molecular complexity index is 496. The van der Waals surface area contributed by atoms with E-state index in [0.717, 1.165) is 24.8 Å². The van der Waals surface area contributed by atoms with E-state index >= 15 is 0 Å². The van der Waals surface area contributed by atoms with Crippen LogP contribution in [0.1, 0.15) is 32.2 Å². The van der Waals surface area contributed by atoms with Crippen LogP contribution in [0.3, 0.4) is 0 Å². The molecule has 0 amide bonds. The number of alkyl halides is 3. The number of likely N-dealkylation sites (N-methyl/N-ethyl adjacent to an activating group) is 2. The molecule has 6 heteroatoms. The van der Waals surface area contributed by atoms with E-state index in [1.54, 1.807) is 6.07 Å². The Morgan fingerprint density at radius 3 is 2.59 bits per heavy atom. The van der Waals surface area contributed by atoms with E-state index in [1.807, 2.05) is 27.2 Å². The summed E-state index contributed by atoms with van der Waals surface area (Å²) >= 11 is 0. The summed E-state index contributed by atoms with van der Waals surface area (Å²) in [4.78, 5) is 2.18. The summed E-state index contributed by atoms with van der Waals surface area (Å²) < 4.78 is 41.1. The van der Waals surface area contributed by atoms with Gasteiger partial charge in [0.1, 0.15) is 5.75 Å². The van der Waals surface area contributed by atoms with Gasteiger partial charge < -0.3 is 15.0 Å². The molecule has 0 aromatic heterocycles. The van der Waals surface area contributed by atoms with Gasteiger partial charge in [-0.1, -0.05) is 12.1 Å². The molecule has 0 aliphatic heterocycles. The number of rotatable bonds is 4. The molecule has 1 fully saturated rings. The second-order valence-electron chi connectivity index (χ2n) is 6.06. The zero-order chi connectivity index (χ0) is 16.3. The van der Waals surface area contributed by atoms with Crippen molar-refractivity contribution in [2.45, 2.75) is 43.6 Å². The molecular weight excluding hydrogens is 293 g/mol. The van der Waals surface area contributed by atoms with Gasteiger partial charge >= 0.3 is 6.36 Å². The molecule has 0 heterocycles. The molecule has 0 saturated heterocycles. The Balaban J connectivity index is 0.00000264. The van der Waals surface area contributed by atoms with Gasteiger partial charge in [-0.15, -0.1) is 13.2 Å². The van der Waals surface area contributed by atoms with Crippen LogP contribution in [-0.2, 0) is 0 Å². The molecule has 2 rings (SSSR count). The monoisotopic (exact) mass is 318 g/mol. The molecule has 1 aromatic carbocycles. The van der Waals surface area contributed by atoms with Gasteiger partial charge in [0.15, 0.2) is 0 Å². The van der Waals surface area contributed by atoms with Crippen molar-refractivity contribution in [1.82, 2.24) is 10.2 Å². The fourth-order valence-electron chi connectivity index (χ4n) is 3.32. The fraction of sp³-hybridized carbons (Fsp3) is 0.625. The number of benzene rings is 1. The lowest BCUT2D eigenvalue weighted by atomic mass is 9.78. The third-order valence-corrected chi connectivity index (χ3v) is 4.41. The summed E-state index contributed by atoms with van der Waals surface area (Å²) in [5.74, 6) is 0.121. The van der Waals surface area contributed by atoms with Crippen molar-refractivity contribution in [3.63, 3.8) is 0 Å². The highest BCUT2D eigenvalue weighted by molar-refractivity contribution is 5.31. The van der Waals surface area contributed by atoms with E-state index in [-0.39, 0.29) is 13.1 Å². The Hall–Kier alpha value is -1.27. The van der Waals surface area contributed by atoms with Gasteiger partial charge in [-0.05, 0) is 64.0 Å². The molecule has 3 nitrogen and oxygen atoms in total. The van der Waals surface area contributed by atoms with E-state index in [1.165, 1.54) is 12.1 Å². The average Bonchev–Trinajstić information content (AvgIpc) is 2.45. The first-order chi connectivity index (χ1) is 10.3. The van der Waals surface area contributed by atoms with Gasteiger partial charge in [-0.25, -0.2) is 0 Å². The lowest BCUT2D eigenvalue weighted by Crippen LogP contribution is -2.49. The second kappa shape index (κ2) is 6.87. The molecule has 0 spiro atoms. The second-order valence-corrected chi connectivity index (χ2v) is 6.06. The third kappa shape index (κ3) is 4.36. The quantitative estimate of drug-likeness (QED) is 0.918. The lowest BCUT2D eigenvalue weighted by Gasteiger charge is -2.40. The molecule has 1 aromatic rings. The van der Waals surface area contributed by atoms with Crippen molar-refractivity contribution in [2.75, 3.05) is 21.1 Å². The standard InChI is InChI=1S/C16H23F3N2O.H2/c1-20-14-8-7-12(10-15(14)21(2)3)11-5-4-6-13(9-11)22-16(17,18)19;/h4-6,9,12,14-15,20H,7-8,10H2,1-3H3;1H/t12-,14-,15-;/m0./s1. The van der Waals surface area contributed by atoms with Crippen molar-refractivity contribution in [1.29, 1.82) is 0 Å². The van der Waals surface area contributed by atoms with Gasteiger partial charge in [-0.3, -0.25) is 0 Å². The molecule has 1 aliphatic carbocycles. The Labute approximate surface area is 130 Å². The zero-order valence-electron chi connectivity index (χ0n) is 13.2. The molecule has 22 heavy (non-hydrogen) atoms. The molecule has 0 bridgehead atoms. The van der Waals surface area contributed by atoms with E-state index < -0.39 is 6.36 Å². The number of hydrogen-bond acceptors (Lipinski definition) is 3.